The first-order valence-corrected chi connectivity index (χ1v) is 14.6. The number of aromatic amines is 1. The highest BCUT2D eigenvalue weighted by Crippen LogP contribution is 2.49. The minimum absolute atomic E-state index is 0.0150. The molecule has 2 atom stereocenters. The zero-order valence-electron chi connectivity index (χ0n) is 24.5. The number of amides is 2. The molecule has 3 aromatic rings. The van der Waals surface area contributed by atoms with E-state index in [0.717, 1.165) is 60.2 Å². The van der Waals surface area contributed by atoms with Gasteiger partial charge < -0.3 is 29.2 Å². The number of nitrogens with zero attached hydrogens (tertiary/aromatic N) is 3. The Morgan fingerprint density at radius 3 is 2.58 bits per heavy atom. The van der Waals surface area contributed by atoms with Crippen LogP contribution in [-0.2, 0) is 15.1 Å². The van der Waals surface area contributed by atoms with E-state index in [9.17, 15) is 9.59 Å². The Bertz CT molecular complexity index is 1380. The van der Waals surface area contributed by atoms with Crippen LogP contribution < -0.4 is 9.47 Å². The summed E-state index contributed by atoms with van der Waals surface area (Å²) in [4.78, 5) is 37.5. The van der Waals surface area contributed by atoms with Crippen molar-refractivity contribution in [1.29, 1.82) is 0 Å². The number of fused-ring (bicyclic) bond motifs is 5. The number of methoxy groups -OCH3 is 1. The lowest BCUT2D eigenvalue weighted by Gasteiger charge is -2.51. The van der Waals surface area contributed by atoms with Gasteiger partial charge in [-0.25, -0.2) is 0 Å². The predicted molar refractivity (Wildman–Crippen MR) is 157 cm³/mol. The molecule has 3 heterocycles. The van der Waals surface area contributed by atoms with Crippen LogP contribution in [-0.4, -0.2) is 84.5 Å². The number of hydrogen-bond donors (Lipinski definition) is 1. The number of carbonyl (C=O) groups is 2. The molecule has 0 aliphatic carbocycles. The Labute approximate surface area is 237 Å². The van der Waals surface area contributed by atoms with Crippen molar-refractivity contribution in [3.05, 3.63) is 59.3 Å². The van der Waals surface area contributed by atoms with Crippen molar-refractivity contribution in [2.24, 2.45) is 0 Å². The Balaban J connectivity index is 1.56. The molecule has 0 bridgehead atoms. The van der Waals surface area contributed by atoms with Crippen molar-refractivity contribution in [3.63, 3.8) is 0 Å². The van der Waals surface area contributed by atoms with Crippen LogP contribution in [0.4, 0.5) is 0 Å². The van der Waals surface area contributed by atoms with Crippen molar-refractivity contribution >= 4 is 22.7 Å². The fourth-order valence-corrected chi connectivity index (χ4v) is 6.41. The average Bonchev–Trinajstić information content (AvgIpc) is 3.37. The van der Waals surface area contributed by atoms with Gasteiger partial charge in [0.25, 0.3) is 5.91 Å². The Morgan fingerprint density at radius 1 is 1.07 bits per heavy atom. The molecule has 0 radical (unpaired) electrons. The molecule has 2 aliphatic heterocycles. The van der Waals surface area contributed by atoms with Gasteiger partial charge in [-0.05, 0) is 68.7 Å². The Kier molecular flexibility index (Phi) is 8.08. The highest BCUT2D eigenvalue weighted by atomic mass is 16.5. The molecule has 8 heteroatoms. The summed E-state index contributed by atoms with van der Waals surface area (Å²) >= 11 is 0. The van der Waals surface area contributed by atoms with Crippen LogP contribution in [0.15, 0.2) is 42.5 Å². The summed E-state index contributed by atoms with van der Waals surface area (Å²) in [5.74, 6) is 1.21. The SMILES string of the molecule is CCCOc1ccc(C2CN3C(=O)CN(CCCN(CC)CC)C(=O)[C@]3(C)c3[nH]c4ccccc4c32)cc1OC. The third-order valence-electron chi connectivity index (χ3n) is 8.67. The van der Waals surface area contributed by atoms with Crippen molar-refractivity contribution in [3.8, 4) is 11.5 Å². The second-order valence-corrected chi connectivity index (χ2v) is 11.0. The molecule has 5 rings (SSSR count). The average molecular weight is 547 g/mol. The van der Waals surface area contributed by atoms with Crippen LogP contribution in [0.1, 0.15) is 63.3 Å². The topological polar surface area (TPSA) is 78.1 Å². The molecule has 1 fully saturated rings. The summed E-state index contributed by atoms with van der Waals surface area (Å²) in [6.07, 6.45) is 1.74. The minimum atomic E-state index is -1.09. The van der Waals surface area contributed by atoms with E-state index in [4.69, 9.17) is 9.47 Å². The highest BCUT2D eigenvalue weighted by Gasteiger charge is 2.56. The van der Waals surface area contributed by atoms with Crippen LogP contribution in [0.3, 0.4) is 0 Å². The standard InChI is InChI=1S/C32H42N4O4/c1-6-18-40-26-15-14-22(19-27(26)39-5)24-20-36-28(37)21-35(17-11-16-34(7-2)8-3)31(38)32(36,4)30-29(24)23-12-9-10-13-25(23)33-30/h9-10,12-15,19,24,33H,6-8,11,16-18,20-21H2,1-5H3/t24?,32-/m0/s1. The van der Waals surface area contributed by atoms with E-state index in [1.54, 1.807) is 16.9 Å². The smallest absolute Gasteiger partial charge is 0.254 e. The van der Waals surface area contributed by atoms with E-state index < -0.39 is 5.54 Å². The quantitative estimate of drug-likeness (QED) is 0.376. The van der Waals surface area contributed by atoms with E-state index >= 15 is 0 Å². The monoisotopic (exact) mass is 546 g/mol. The van der Waals surface area contributed by atoms with Crippen LogP contribution in [0.5, 0.6) is 11.5 Å². The third-order valence-corrected chi connectivity index (χ3v) is 8.67. The van der Waals surface area contributed by atoms with E-state index in [0.29, 0.717) is 31.2 Å². The maximum atomic E-state index is 14.2. The predicted octanol–water partition coefficient (Wildman–Crippen LogP) is 4.73. The van der Waals surface area contributed by atoms with Gasteiger partial charge in [0.2, 0.25) is 5.91 Å². The lowest BCUT2D eigenvalue weighted by atomic mass is 9.76. The molecule has 8 nitrogen and oxygen atoms in total. The van der Waals surface area contributed by atoms with E-state index in [1.807, 2.05) is 37.3 Å². The zero-order valence-corrected chi connectivity index (χ0v) is 24.5. The summed E-state index contributed by atoms with van der Waals surface area (Å²) in [6.45, 7) is 12.9. The molecule has 1 aromatic heterocycles. The number of H-pyrrole nitrogens is 1. The summed E-state index contributed by atoms with van der Waals surface area (Å²) in [6, 6.07) is 14.2. The number of carbonyl (C=O) groups excluding carboxylic acids is 2. The number of aromatic nitrogens is 1. The summed E-state index contributed by atoms with van der Waals surface area (Å²) in [7, 11) is 1.65. The number of para-hydroxylation sites is 1. The summed E-state index contributed by atoms with van der Waals surface area (Å²) in [5.41, 5.74) is 2.78. The first-order chi connectivity index (χ1) is 19.4. The number of rotatable bonds is 11. The lowest BCUT2D eigenvalue weighted by molar-refractivity contribution is -0.166. The van der Waals surface area contributed by atoms with Gasteiger partial charge in [-0.15, -0.1) is 0 Å². The highest BCUT2D eigenvalue weighted by molar-refractivity contribution is 6.01. The molecule has 2 aromatic carbocycles. The van der Waals surface area contributed by atoms with E-state index in [2.05, 4.69) is 42.8 Å². The van der Waals surface area contributed by atoms with Gasteiger partial charge >= 0.3 is 0 Å². The minimum Gasteiger partial charge on any atom is -0.493 e. The molecule has 1 unspecified atom stereocenters. The van der Waals surface area contributed by atoms with Gasteiger partial charge in [0, 0.05) is 29.9 Å². The third kappa shape index (κ3) is 4.72. The van der Waals surface area contributed by atoms with E-state index in [-0.39, 0.29) is 24.3 Å². The van der Waals surface area contributed by atoms with Crippen LogP contribution in [0, 0.1) is 0 Å². The van der Waals surface area contributed by atoms with Crippen molar-refractivity contribution < 1.29 is 19.1 Å². The molecule has 0 spiro atoms. The zero-order chi connectivity index (χ0) is 28.4. The number of nitrogens with one attached hydrogen (secondary N) is 1. The van der Waals surface area contributed by atoms with Gasteiger partial charge in [0.15, 0.2) is 17.0 Å². The molecule has 2 amide bonds. The molecule has 1 saturated heterocycles. The van der Waals surface area contributed by atoms with Gasteiger partial charge in [-0.1, -0.05) is 45.0 Å². The van der Waals surface area contributed by atoms with Crippen LogP contribution in [0.25, 0.3) is 10.9 Å². The maximum absolute atomic E-state index is 14.2. The van der Waals surface area contributed by atoms with Crippen LogP contribution >= 0.6 is 0 Å². The molecule has 214 valence electrons. The first-order valence-electron chi connectivity index (χ1n) is 14.6. The molecule has 40 heavy (non-hydrogen) atoms. The van der Waals surface area contributed by atoms with Crippen molar-refractivity contribution in [1.82, 2.24) is 19.7 Å². The fourth-order valence-electron chi connectivity index (χ4n) is 6.41. The molecule has 0 saturated carbocycles. The van der Waals surface area contributed by atoms with Crippen molar-refractivity contribution in [2.75, 3.05) is 53.0 Å². The maximum Gasteiger partial charge on any atom is 0.254 e. The largest absolute Gasteiger partial charge is 0.493 e. The van der Waals surface area contributed by atoms with Crippen molar-refractivity contribution in [2.45, 2.75) is 52.0 Å². The summed E-state index contributed by atoms with van der Waals surface area (Å²) in [5, 5.41) is 1.08. The second kappa shape index (κ2) is 11.5. The van der Waals surface area contributed by atoms with Gasteiger partial charge in [-0.3, -0.25) is 9.59 Å². The van der Waals surface area contributed by atoms with Crippen LogP contribution in [0.2, 0.25) is 0 Å². The number of ether oxygens (including phenoxy) is 2. The second-order valence-electron chi connectivity index (χ2n) is 11.0. The molecular formula is C32H42N4O4. The normalized spacial score (nSPS) is 20.7. The Hall–Kier alpha value is -3.52. The lowest BCUT2D eigenvalue weighted by Crippen LogP contribution is -2.67. The van der Waals surface area contributed by atoms with Gasteiger partial charge in [-0.2, -0.15) is 0 Å². The first kappa shape index (κ1) is 28.0. The number of piperazine rings is 1. The fraction of sp³-hybridized carbons (Fsp3) is 0.500. The summed E-state index contributed by atoms with van der Waals surface area (Å²) < 4.78 is 11.6. The van der Waals surface area contributed by atoms with E-state index in [1.165, 1.54) is 0 Å². The van der Waals surface area contributed by atoms with Gasteiger partial charge in [0.05, 0.1) is 26.0 Å². The molecule has 1 N–H and O–H groups in total. The van der Waals surface area contributed by atoms with Gasteiger partial charge in [0.1, 0.15) is 0 Å². The Morgan fingerprint density at radius 2 is 1.85 bits per heavy atom. The number of hydrogen-bond acceptors (Lipinski definition) is 5. The molecule has 2 aliphatic rings. The molecular weight excluding hydrogens is 504 g/mol. The number of benzene rings is 2.